The Morgan fingerprint density at radius 2 is 2.09 bits per heavy atom. The maximum atomic E-state index is 12.6. The van der Waals surface area contributed by atoms with Crippen LogP contribution in [0.25, 0.3) is 0 Å². The standard InChI is InChI=1S/C18H27NO3/c1-3-12-18(21,15-9-6-5-7-10-15)17(20)22-16-11-8-13-19(4-2)14-16/h5-7,9-10,16,21H,3-4,8,11-14H2,1-2H3. The third-order valence-electron chi connectivity index (χ3n) is 4.38. The van der Waals surface area contributed by atoms with Gasteiger partial charge >= 0.3 is 5.97 Å². The van der Waals surface area contributed by atoms with Crippen LogP contribution in [0.2, 0.25) is 0 Å². The molecule has 122 valence electrons. The van der Waals surface area contributed by atoms with Crippen molar-refractivity contribution in [2.45, 2.75) is 51.2 Å². The summed E-state index contributed by atoms with van der Waals surface area (Å²) in [5.41, 5.74) is -0.921. The van der Waals surface area contributed by atoms with E-state index in [-0.39, 0.29) is 6.10 Å². The van der Waals surface area contributed by atoms with Gasteiger partial charge in [0, 0.05) is 6.54 Å². The number of carbonyl (C=O) groups excluding carboxylic acids is 1. The van der Waals surface area contributed by atoms with Crippen LogP contribution in [0.1, 0.15) is 45.1 Å². The normalized spacial score (nSPS) is 22.0. The minimum atomic E-state index is -1.54. The zero-order valence-corrected chi connectivity index (χ0v) is 13.6. The van der Waals surface area contributed by atoms with Crippen LogP contribution in [0.15, 0.2) is 30.3 Å². The molecular weight excluding hydrogens is 278 g/mol. The molecule has 0 aromatic heterocycles. The van der Waals surface area contributed by atoms with Crippen molar-refractivity contribution in [2.75, 3.05) is 19.6 Å². The number of piperidine rings is 1. The molecule has 0 spiro atoms. The molecule has 1 aliphatic heterocycles. The number of rotatable bonds is 6. The maximum absolute atomic E-state index is 12.6. The van der Waals surface area contributed by atoms with Gasteiger partial charge in [-0.2, -0.15) is 0 Å². The second-order valence-corrected chi connectivity index (χ2v) is 6.04. The number of ether oxygens (including phenoxy) is 1. The Hall–Kier alpha value is -1.39. The van der Waals surface area contributed by atoms with Crippen LogP contribution in [0.5, 0.6) is 0 Å². The van der Waals surface area contributed by atoms with Gasteiger partial charge in [0.1, 0.15) is 6.10 Å². The van der Waals surface area contributed by atoms with Crippen LogP contribution in [-0.2, 0) is 15.1 Å². The van der Waals surface area contributed by atoms with Crippen LogP contribution in [0.4, 0.5) is 0 Å². The molecule has 1 fully saturated rings. The lowest BCUT2D eigenvalue weighted by Crippen LogP contribution is -2.45. The first-order chi connectivity index (χ1) is 10.6. The van der Waals surface area contributed by atoms with Gasteiger partial charge in [-0.3, -0.25) is 4.90 Å². The van der Waals surface area contributed by atoms with Crippen molar-refractivity contribution in [3.63, 3.8) is 0 Å². The molecular formula is C18H27NO3. The first kappa shape index (κ1) is 17.0. The van der Waals surface area contributed by atoms with Crippen molar-refractivity contribution in [3.8, 4) is 0 Å². The highest BCUT2D eigenvalue weighted by Gasteiger charge is 2.40. The molecule has 0 saturated carbocycles. The summed E-state index contributed by atoms with van der Waals surface area (Å²) >= 11 is 0. The third-order valence-corrected chi connectivity index (χ3v) is 4.38. The van der Waals surface area contributed by atoms with E-state index in [4.69, 9.17) is 4.74 Å². The molecule has 0 bridgehead atoms. The third kappa shape index (κ3) is 3.87. The van der Waals surface area contributed by atoms with E-state index < -0.39 is 11.6 Å². The molecule has 4 heteroatoms. The highest BCUT2D eigenvalue weighted by Crippen LogP contribution is 2.29. The van der Waals surface area contributed by atoms with Crippen LogP contribution in [0, 0.1) is 0 Å². The number of nitrogens with zero attached hydrogens (tertiary/aromatic N) is 1. The second-order valence-electron chi connectivity index (χ2n) is 6.04. The van der Waals surface area contributed by atoms with Gasteiger partial charge in [-0.1, -0.05) is 50.6 Å². The Kier molecular flexibility index (Phi) is 5.98. The molecule has 1 N–H and O–H groups in total. The number of esters is 1. The maximum Gasteiger partial charge on any atom is 0.343 e. The molecule has 0 aliphatic carbocycles. The highest BCUT2D eigenvalue weighted by molar-refractivity contribution is 5.81. The van der Waals surface area contributed by atoms with Crippen molar-refractivity contribution in [1.29, 1.82) is 0 Å². The summed E-state index contributed by atoms with van der Waals surface area (Å²) in [6.45, 7) is 6.86. The number of benzene rings is 1. The van der Waals surface area contributed by atoms with Crippen LogP contribution >= 0.6 is 0 Å². The fraction of sp³-hybridized carbons (Fsp3) is 0.611. The minimum absolute atomic E-state index is 0.117. The molecule has 2 unspecified atom stereocenters. The van der Waals surface area contributed by atoms with Crippen LogP contribution in [-0.4, -0.2) is 41.7 Å². The molecule has 22 heavy (non-hydrogen) atoms. The fourth-order valence-electron chi connectivity index (χ4n) is 3.09. The summed E-state index contributed by atoms with van der Waals surface area (Å²) in [6.07, 6.45) is 2.88. The fourth-order valence-corrected chi connectivity index (χ4v) is 3.09. The largest absolute Gasteiger partial charge is 0.459 e. The summed E-state index contributed by atoms with van der Waals surface area (Å²) < 4.78 is 5.66. The predicted octanol–water partition coefficient (Wildman–Crippen LogP) is 2.70. The minimum Gasteiger partial charge on any atom is -0.459 e. The number of carbonyl (C=O) groups is 1. The summed E-state index contributed by atoms with van der Waals surface area (Å²) in [4.78, 5) is 14.9. The molecule has 1 aromatic rings. The molecule has 2 atom stereocenters. The van der Waals surface area contributed by atoms with Gasteiger partial charge in [0.05, 0.1) is 0 Å². The number of likely N-dealkylation sites (N-methyl/N-ethyl adjacent to an activating group) is 1. The Bertz CT molecular complexity index is 476. The monoisotopic (exact) mass is 305 g/mol. The van der Waals surface area contributed by atoms with E-state index in [0.29, 0.717) is 18.4 Å². The zero-order valence-electron chi connectivity index (χ0n) is 13.6. The molecule has 1 aromatic carbocycles. The molecule has 4 nitrogen and oxygen atoms in total. The lowest BCUT2D eigenvalue weighted by molar-refractivity contribution is -0.176. The predicted molar refractivity (Wildman–Crippen MR) is 86.5 cm³/mol. The van der Waals surface area contributed by atoms with E-state index in [0.717, 1.165) is 32.5 Å². The Balaban J connectivity index is 2.10. The van der Waals surface area contributed by atoms with E-state index in [9.17, 15) is 9.90 Å². The zero-order chi connectivity index (χ0) is 16.0. The molecule has 1 saturated heterocycles. The van der Waals surface area contributed by atoms with E-state index in [1.165, 1.54) is 0 Å². The molecule has 1 aliphatic rings. The number of hydrogen-bond acceptors (Lipinski definition) is 4. The van der Waals surface area contributed by atoms with Gasteiger partial charge in [0.25, 0.3) is 0 Å². The van der Waals surface area contributed by atoms with Crippen LogP contribution < -0.4 is 0 Å². The molecule has 0 radical (unpaired) electrons. The second kappa shape index (κ2) is 7.75. The smallest absolute Gasteiger partial charge is 0.343 e. The Morgan fingerprint density at radius 1 is 1.36 bits per heavy atom. The average molecular weight is 305 g/mol. The quantitative estimate of drug-likeness (QED) is 0.821. The number of aliphatic hydroxyl groups is 1. The number of likely N-dealkylation sites (tertiary alicyclic amines) is 1. The van der Waals surface area contributed by atoms with Crippen molar-refractivity contribution in [1.82, 2.24) is 4.90 Å². The van der Waals surface area contributed by atoms with E-state index >= 15 is 0 Å². The van der Waals surface area contributed by atoms with E-state index in [1.807, 2.05) is 25.1 Å². The summed E-state index contributed by atoms with van der Waals surface area (Å²) in [5, 5.41) is 10.9. The van der Waals surface area contributed by atoms with Gasteiger partial charge in [0.2, 0.25) is 0 Å². The Labute approximate surface area is 133 Å². The first-order valence-corrected chi connectivity index (χ1v) is 8.31. The van der Waals surface area contributed by atoms with Crippen LogP contribution in [0.3, 0.4) is 0 Å². The molecule has 2 rings (SSSR count). The van der Waals surface area contributed by atoms with E-state index in [1.54, 1.807) is 12.1 Å². The molecule has 0 amide bonds. The lowest BCUT2D eigenvalue weighted by Gasteiger charge is -2.34. The lowest BCUT2D eigenvalue weighted by atomic mass is 9.89. The van der Waals surface area contributed by atoms with Gasteiger partial charge in [-0.25, -0.2) is 4.79 Å². The Morgan fingerprint density at radius 3 is 2.73 bits per heavy atom. The number of hydrogen-bond donors (Lipinski definition) is 1. The van der Waals surface area contributed by atoms with Crippen molar-refractivity contribution < 1.29 is 14.6 Å². The van der Waals surface area contributed by atoms with Gasteiger partial charge in [-0.05, 0) is 37.9 Å². The summed E-state index contributed by atoms with van der Waals surface area (Å²) in [7, 11) is 0. The highest BCUT2D eigenvalue weighted by atomic mass is 16.6. The molecule has 1 heterocycles. The van der Waals surface area contributed by atoms with Gasteiger partial charge in [-0.15, -0.1) is 0 Å². The summed E-state index contributed by atoms with van der Waals surface area (Å²) in [6, 6.07) is 9.12. The SMILES string of the molecule is CCCC(O)(C(=O)OC1CCCN(CC)C1)c1ccccc1. The van der Waals surface area contributed by atoms with Gasteiger partial charge in [0.15, 0.2) is 5.60 Å². The van der Waals surface area contributed by atoms with Crippen molar-refractivity contribution in [2.24, 2.45) is 0 Å². The van der Waals surface area contributed by atoms with Crippen molar-refractivity contribution >= 4 is 5.97 Å². The van der Waals surface area contributed by atoms with Gasteiger partial charge < -0.3 is 9.84 Å². The van der Waals surface area contributed by atoms with E-state index in [2.05, 4.69) is 11.8 Å². The van der Waals surface area contributed by atoms with Crippen molar-refractivity contribution in [3.05, 3.63) is 35.9 Å². The topological polar surface area (TPSA) is 49.8 Å². The first-order valence-electron chi connectivity index (χ1n) is 8.31. The summed E-state index contributed by atoms with van der Waals surface area (Å²) in [5.74, 6) is -0.511. The average Bonchev–Trinajstić information content (AvgIpc) is 2.56.